The first-order valence-electron chi connectivity index (χ1n) is 6.86. The minimum atomic E-state index is -0.536. The molecule has 2 aromatic heterocycles. The van der Waals surface area contributed by atoms with Gasteiger partial charge in [0.2, 0.25) is 0 Å². The molecule has 0 radical (unpaired) electrons. The van der Waals surface area contributed by atoms with E-state index in [0.29, 0.717) is 6.54 Å². The summed E-state index contributed by atoms with van der Waals surface area (Å²) in [6.45, 7) is 2.56. The fourth-order valence-electron chi connectivity index (χ4n) is 2.58. The molecule has 0 saturated heterocycles. The van der Waals surface area contributed by atoms with E-state index in [1.807, 2.05) is 18.4 Å². The fourth-order valence-corrected chi connectivity index (χ4v) is 3.75. The highest BCUT2D eigenvalue weighted by atomic mass is 35.5. The Morgan fingerprint density at radius 1 is 1.45 bits per heavy atom. The Kier molecular flexibility index (Phi) is 4.13. The molecule has 3 rings (SSSR count). The van der Waals surface area contributed by atoms with Gasteiger partial charge < -0.3 is 4.90 Å². The van der Waals surface area contributed by atoms with Crippen LogP contribution in [0, 0.1) is 0 Å². The number of nitrogens with one attached hydrogen (secondary N) is 1. The standard InChI is InChI=1S/C15H14ClN3O2S/c1-9-10-5-8-22-12(10)4-7-19(9)15(21)18-14(20)11-3-2-6-17-13(11)16/h2-3,5-6,8-9H,4,7H2,1H3,(H,18,20,21)/t9-/m0/s1. The number of aromatic nitrogens is 1. The average molecular weight is 336 g/mol. The van der Waals surface area contributed by atoms with Crippen molar-refractivity contribution >= 4 is 34.9 Å². The fraction of sp³-hybridized carbons (Fsp3) is 0.267. The summed E-state index contributed by atoms with van der Waals surface area (Å²) in [4.78, 5) is 31.3. The van der Waals surface area contributed by atoms with Crippen molar-refractivity contribution in [3.8, 4) is 0 Å². The van der Waals surface area contributed by atoms with Gasteiger partial charge in [-0.05, 0) is 42.5 Å². The second kappa shape index (κ2) is 6.06. The van der Waals surface area contributed by atoms with Gasteiger partial charge in [0.25, 0.3) is 5.91 Å². The van der Waals surface area contributed by atoms with Crippen LogP contribution in [0.1, 0.15) is 33.8 Å². The largest absolute Gasteiger partial charge is 0.324 e. The van der Waals surface area contributed by atoms with Crippen LogP contribution in [0.5, 0.6) is 0 Å². The lowest BCUT2D eigenvalue weighted by Gasteiger charge is -2.33. The summed E-state index contributed by atoms with van der Waals surface area (Å²) in [5, 5.41) is 4.50. The second-order valence-electron chi connectivity index (χ2n) is 5.02. The number of fused-ring (bicyclic) bond motifs is 1. The van der Waals surface area contributed by atoms with Gasteiger partial charge in [0.15, 0.2) is 0 Å². The van der Waals surface area contributed by atoms with Gasteiger partial charge in [-0.3, -0.25) is 10.1 Å². The molecule has 5 nitrogen and oxygen atoms in total. The van der Waals surface area contributed by atoms with Crippen LogP contribution in [0.2, 0.25) is 5.15 Å². The number of rotatable bonds is 1. The van der Waals surface area contributed by atoms with E-state index < -0.39 is 11.9 Å². The van der Waals surface area contributed by atoms with Gasteiger partial charge in [-0.2, -0.15) is 0 Å². The predicted octanol–water partition coefficient (Wildman–Crippen LogP) is 3.27. The molecule has 7 heteroatoms. The molecule has 1 atom stereocenters. The van der Waals surface area contributed by atoms with Crippen LogP contribution in [0.4, 0.5) is 4.79 Å². The minimum absolute atomic E-state index is 0.0489. The van der Waals surface area contributed by atoms with Gasteiger partial charge in [0.1, 0.15) is 5.15 Å². The molecule has 0 fully saturated rings. The van der Waals surface area contributed by atoms with Gasteiger partial charge in [-0.1, -0.05) is 11.6 Å². The van der Waals surface area contributed by atoms with Crippen molar-refractivity contribution in [3.63, 3.8) is 0 Å². The van der Waals surface area contributed by atoms with E-state index in [4.69, 9.17) is 11.6 Å². The Hall–Kier alpha value is -1.92. The number of halogens is 1. The van der Waals surface area contributed by atoms with Crippen LogP contribution >= 0.6 is 22.9 Å². The molecule has 2 aromatic rings. The third kappa shape index (κ3) is 2.71. The normalized spacial score (nSPS) is 17.0. The van der Waals surface area contributed by atoms with E-state index in [9.17, 15) is 9.59 Å². The third-order valence-corrected chi connectivity index (χ3v) is 5.06. The monoisotopic (exact) mass is 335 g/mol. The van der Waals surface area contributed by atoms with Gasteiger partial charge in [0.05, 0.1) is 11.6 Å². The molecule has 0 spiro atoms. The molecule has 3 heterocycles. The van der Waals surface area contributed by atoms with Crippen molar-refractivity contribution in [1.82, 2.24) is 15.2 Å². The third-order valence-electron chi connectivity index (χ3n) is 3.76. The van der Waals surface area contributed by atoms with Crippen LogP contribution < -0.4 is 5.32 Å². The molecule has 0 aromatic carbocycles. The number of imide groups is 1. The van der Waals surface area contributed by atoms with Crippen LogP contribution in [0.25, 0.3) is 0 Å². The number of nitrogens with zero attached hydrogens (tertiary/aromatic N) is 2. The van der Waals surface area contributed by atoms with Crippen molar-refractivity contribution in [2.75, 3.05) is 6.54 Å². The van der Waals surface area contributed by atoms with Crippen LogP contribution in [-0.2, 0) is 6.42 Å². The topological polar surface area (TPSA) is 62.3 Å². The smallest absolute Gasteiger partial charge is 0.317 e. The van der Waals surface area contributed by atoms with Crippen LogP contribution in [-0.4, -0.2) is 28.4 Å². The van der Waals surface area contributed by atoms with Gasteiger partial charge >= 0.3 is 6.03 Å². The Labute approximate surface area is 136 Å². The zero-order valence-electron chi connectivity index (χ0n) is 11.9. The first-order valence-corrected chi connectivity index (χ1v) is 8.12. The Morgan fingerprint density at radius 2 is 2.27 bits per heavy atom. The molecule has 114 valence electrons. The summed E-state index contributed by atoms with van der Waals surface area (Å²) in [6.07, 6.45) is 2.30. The zero-order chi connectivity index (χ0) is 15.7. The maximum absolute atomic E-state index is 12.4. The summed E-state index contributed by atoms with van der Waals surface area (Å²) in [6, 6.07) is 4.71. The number of urea groups is 1. The molecular weight excluding hydrogens is 322 g/mol. The van der Waals surface area contributed by atoms with E-state index in [1.54, 1.807) is 22.3 Å². The molecule has 0 bridgehead atoms. The molecule has 1 aliphatic heterocycles. The Bertz CT molecular complexity index is 731. The SMILES string of the molecule is C[C@H]1c2ccsc2CCN1C(=O)NC(=O)c1cccnc1Cl. The van der Waals surface area contributed by atoms with E-state index >= 15 is 0 Å². The number of thiophene rings is 1. The zero-order valence-corrected chi connectivity index (χ0v) is 13.4. The first-order chi connectivity index (χ1) is 10.6. The summed E-state index contributed by atoms with van der Waals surface area (Å²) >= 11 is 7.58. The number of carbonyl (C=O) groups is 2. The van der Waals surface area contributed by atoms with Crippen molar-refractivity contribution in [2.24, 2.45) is 0 Å². The average Bonchev–Trinajstić information content (AvgIpc) is 2.97. The number of hydrogen-bond acceptors (Lipinski definition) is 4. The van der Waals surface area contributed by atoms with Crippen molar-refractivity contribution < 1.29 is 9.59 Å². The predicted molar refractivity (Wildman–Crippen MR) is 85.3 cm³/mol. The Balaban J connectivity index is 1.73. The molecule has 1 aliphatic rings. The number of carbonyl (C=O) groups excluding carboxylic acids is 2. The quantitative estimate of drug-likeness (QED) is 0.814. The lowest BCUT2D eigenvalue weighted by molar-refractivity contribution is 0.0944. The highest BCUT2D eigenvalue weighted by Gasteiger charge is 2.29. The Morgan fingerprint density at radius 3 is 3.05 bits per heavy atom. The number of pyridine rings is 1. The molecule has 0 aliphatic carbocycles. The first kappa shape index (κ1) is 15.0. The minimum Gasteiger partial charge on any atom is -0.317 e. The van der Waals surface area contributed by atoms with Crippen molar-refractivity contribution in [2.45, 2.75) is 19.4 Å². The molecule has 3 amide bonds. The lowest BCUT2D eigenvalue weighted by atomic mass is 10.0. The van der Waals surface area contributed by atoms with Crippen LogP contribution in [0.3, 0.4) is 0 Å². The molecule has 22 heavy (non-hydrogen) atoms. The van der Waals surface area contributed by atoms with Crippen molar-refractivity contribution in [1.29, 1.82) is 0 Å². The van der Waals surface area contributed by atoms with Crippen LogP contribution in [0.15, 0.2) is 29.8 Å². The molecule has 0 saturated carbocycles. The van der Waals surface area contributed by atoms with E-state index in [0.717, 1.165) is 12.0 Å². The number of amides is 3. The highest BCUT2D eigenvalue weighted by Crippen LogP contribution is 2.32. The maximum atomic E-state index is 12.4. The molecular formula is C15H14ClN3O2S. The van der Waals surface area contributed by atoms with Gasteiger partial charge in [-0.25, -0.2) is 9.78 Å². The second-order valence-corrected chi connectivity index (χ2v) is 6.38. The van der Waals surface area contributed by atoms with E-state index in [-0.39, 0.29) is 16.8 Å². The summed E-state index contributed by atoms with van der Waals surface area (Å²) < 4.78 is 0. The molecule has 0 unspecified atom stereocenters. The van der Waals surface area contributed by atoms with Gasteiger partial charge in [0, 0.05) is 17.6 Å². The van der Waals surface area contributed by atoms with E-state index in [1.165, 1.54) is 17.1 Å². The summed E-state index contributed by atoms with van der Waals surface area (Å²) in [5.74, 6) is -0.536. The van der Waals surface area contributed by atoms with Crippen molar-refractivity contribution in [3.05, 3.63) is 50.9 Å². The van der Waals surface area contributed by atoms with E-state index in [2.05, 4.69) is 10.3 Å². The maximum Gasteiger partial charge on any atom is 0.324 e. The van der Waals surface area contributed by atoms with Gasteiger partial charge in [-0.15, -0.1) is 11.3 Å². The molecule has 1 N–H and O–H groups in total. The summed E-state index contributed by atoms with van der Waals surface area (Å²) in [7, 11) is 0. The summed E-state index contributed by atoms with van der Waals surface area (Å²) in [5.41, 5.74) is 1.34. The lowest BCUT2D eigenvalue weighted by Crippen LogP contribution is -2.46. The number of hydrogen-bond donors (Lipinski definition) is 1. The highest BCUT2D eigenvalue weighted by molar-refractivity contribution is 7.10.